The van der Waals surface area contributed by atoms with E-state index in [0.29, 0.717) is 0 Å². The molecular weight excluding hydrogens is 106 g/mol. The average molecular weight is 113 g/mol. The number of aliphatic imine (C=N–C) groups is 1. The molecule has 0 rings (SSSR count). The average Bonchev–Trinajstić information content (AvgIpc) is 1.72. The number of hydrogen-bond acceptors (Lipinski definition) is 2. The fourth-order valence-electron chi connectivity index (χ4n) is 0.193. The van der Waals surface area contributed by atoms with Crippen LogP contribution in [0, 0.1) is 0 Å². The molecule has 1 nitrogen and oxygen atoms in total. The Morgan fingerprint density at radius 3 is 2.43 bits per heavy atom. The summed E-state index contributed by atoms with van der Waals surface area (Å²) in [6.45, 7) is 6.68. The predicted molar refractivity (Wildman–Crippen MR) is 35.7 cm³/mol. The third kappa shape index (κ3) is 2.26. The van der Waals surface area contributed by atoms with Gasteiger partial charge in [-0.25, -0.2) is 4.99 Å². The van der Waals surface area contributed by atoms with Crippen molar-refractivity contribution in [2.24, 2.45) is 4.99 Å². The van der Waals surface area contributed by atoms with Gasteiger partial charge in [0.25, 0.3) is 0 Å². The zero-order chi connectivity index (χ0) is 5.70. The molecule has 0 aromatic heterocycles. The van der Waals surface area contributed by atoms with Crippen molar-refractivity contribution in [1.82, 2.24) is 0 Å². The molecule has 0 aliphatic carbocycles. The summed E-state index contributed by atoms with van der Waals surface area (Å²) in [7, 11) is 0. The summed E-state index contributed by atoms with van der Waals surface area (Å²) in [5.41, 5.74) is 2.60. The van der Waals surface area contributed by atoms with Gasteiger partial charge in [-0.15, -0.1) is 11.8 Å². The standard InChI is InChI=1S/C5H7NS/c1-4-5(6-2)7-3/h1-2H2,3H3. The van der Waals surface area contributed by atoms with E-state index in [4.69, 9.17) is 0 Å². The largest absolute Gasteiger partial charge is 0.249 e. The van der Waals surface area contributed by atoms with Gasteiger partial charge < -0.3 is 0 Å². The van der Waals surface area contributed by atoms with E-state index in [2.05, 4.69) is 24.0 Å². The van der Waals surface area contributed by atoms with Crippen molar-refractivity contribution in [3.8, 4) is 0 Å². The zero-order valence-corrected chi connectivity index (χ0v) is 5.09. The molecule has 0 fully saturated rings. The highest BCUT2D eigenvalue weighted by Gasteiger charge is 1.78. The van der Waals surface area contributed by atoms with Gasteiger partial charge in [-0.2, -0.15) is 0 Å². The van der Waals surface area contributed by atoms with E-state index >= 15 is 0 Å². The molecule has 0 aliphatic rings. The van der Waals surface area contributed by atoms with Crippen LogP contribution in [0.15, 0.2) is 22.3 Å². The molecule has 0 N–H and O–H groups in total. The maximum absolute atomic E-state index is 3.58. The maximum atomic E-state index is 3.58. The normalized spacial score (nSPS) is 7.00. The molecule has 0 heterocycles. The lowest BCUT2D eigenvalue weighted by atomic mass is 10.9. The first-order chi connectivity index (χ1) is 3.35. The minimum absolute atomic E-state index is 0.750. The van der Waals surface area contributed by atoms with Crippen LogP contribution in [0.5, 0.6) is 0 Å². The number of rotatable bonds is 2. The number of nitrogens with zero attached hydrogens (tertiary/aromatic N) is 1. The quantitative estimate of drug-likeness (QED) is 0.392. The van der Waals surface area contributed by atoms with E-state index < -0.39 is 0 Å². The van der Waals surface area contributed by atoms with Crippen LogP contribution >= 0.6 is 11.8 Å². The van der Waals surface area contributed by atoms with Crippen LogP contribution in [0.4, 0.5) is 0 Å². The SMILES string of the molecule is C=C=C(N=C)SC. The lowest BCUT2D eigenvalue weighted by molar-refractivity contribution is 1.59. The van der Waals surface area contributed by atoms with Crippen LogP contribution < -0.4 is 0 Å². The highest BCUT2D eigenvalue weighted by molar-refractivity contribution is 8.02. The van der Waals surface area contributed by atoms with Gasteiger partial charge in [0.2, 0.25) is 0 Å². The van der Waals surface area contributed by atoms with Crippen LogP contribution in [0.2, 0.25) is 0 Å². The van der Waals surface area contributed by atoms with E-state index in [1.165, 1.54) is 11.8 Å². The van der Waals surface area contributed by atoms with Gasteiger partial charge in [-0.3, -0.25) is 0 Å². The van der Waals surface area contributed by atoms with Crippen molar-refractivity contribution in [1.29, 1.82) is 0 Å². The summed E-state index contributed by atoms with van der Waals surface area (Å²) in [5, 5.41) is 0.750. The van der Waals surface area contributed by atoms with Crippen LogP contribution in [0.3, 0.4) is 0 Å². The minimum atomic E-state index is 0.750. The molecule has 38 valence electrons. The summed E-state index contributed by atoms with van der Waals surface area (Å²) in [5.74, 6) is 0. The van der Waals surface area contributed by atoms with Crippen LogP contribution in [-0.4, -0.2) is 13.0 Å². The summed E-state index contributed by atoms with van der Waals surface area (Å²) >= 11 is 1.48. The molecule has 0 amide bonds. The molecule has 0 radical (unpaired) electrons. The number of thioether (sulfide) groups is 1. The second-order valence-corrected chi connectivity index (χ2v) is 1.64. The summed E-state index contributed by atoms with van der Waals surface area (Å²) in [4.78, 5) is 3.58. The molecule has 0 spiro atoms. The second kappa shape index (κ2) is 3.72. The Bertz CT molecular complexity index is 111. The Hall–Kier alpha value is -0.460. The summed E-state index contributed by atoms with van der Waals surface area (Å²) < 4.78 is 0. The molecule has 0 bridgehead atoms. The van der Waals surface area contributed by atoms with E-state index in [1.54, 1.807) is 0 Å². The molecule has 0 saturated heterocycles. The third-order valence-electron chi connectivity index (χ3n) is 0.488. The highest BCUT2D eigenvalue weighted by Crippen LogP contribution is 2.07. The van der Waals surface area contributed by atoms with Crippen LogP contribution in [0.1, 0.15) is 0 Å². The van der Waals surface area contributed by atoms with Crippen LogP contribution in [0.25, 0.3) is 0 Å². The van der Waals surface area contributed by atoms with Crippen molar-refractivity contribution in [3.63, 3.8) is 0 Å². The van der Waals surface area contributed by atoms with Gasteiger partial charge in [0.05, 0.1) is 0 Å². The maximum Gasteiger partial charge on any atom is 0.137 e. The first-order valence-corrected chi connectivity index (χ1v) is 2.98. The monoisotopic (exact) mass is 113 g/mol. The molecule has 0 aromatic rings. The number of hydrogen-bond donors (Lipinski definition) is 0. The molecule has 7 heavy (non-hydrogen) atoms. The van der Waals surface area contributed by atoms with E-state index in [-0.39, 0.29) is 0 Å². The Morgan fingerprint density at radius 2 is 2.43 bits per heavy atom. The van der Waals surface area contributed by atoms with Crippen molar-refractivity contribution in [3.05, 3.63) is 17.3 Å². The highest BCUT2D eigenvalue weighted by atomic mass is 32.2. The van der Waals surface area contributed by atoms with Crippen molar-refractivity contribution >= 4 is 18.5 Å². The van der Waals surface area contributed by atoms with Crippen LogP contribution in [-0.2, 0) is 0 Å². The van der Waals surface area contributed by atoms with E-state index in [0.717, 1.165) is 5.03 Å². The first-order valence-electron chi connectivity index (χ1n) is 1.76. The molecule has 0 unspecified atom stereocenters. The topological polar surface area (TPSA) is 12.4 Å². The Balaban J connectivity index is 3.86. The lowest BCUT2D eigenvalue weighted by Gasteiger charge is -1.83. The van der Waals surface area contributed by atoms with Gasteiger partial charge in [-0.05, 0) is 13.0 Å². The Labute approximate surface area is 47.8 Å². The predicted octanol–water partition coefficient (Wildman–Crippen LogP) is 1.68. The molecular formula is C5H7NS. The second-order valence-electron chi connectivity index (χ2n) is 0.844. The summed E-state index contributed by atoms with van der Waals surface area (Å²) in [6, 6.07) is 0. The molecule has 0 aliphatic heterocycles. The van der Waals surface area contributed by atoms with E-state index in [9.17, 15) is 0 Å². The van der Waals surface area contributed by atoms with Gasteiger partial charge in [0.15, 0.2) is 0 Å². The fraction of sp³-hybridized carbons (Fsp3) is 0.200. The van der Waals surface area contributed by atoms with Crippen molar-refractivity contribution < 1.29 is 0 Å². The Morgan fingerprint density at radius 1 is 1.86 bits per heavy atom. The first kappa shape index (κ1) is 6.54. The lowest BCUT2D eigenvalue weighted by Crippen LogP contribution is -1.58. The summed E-state index contributed by atoms with van der Waals surface area (Å²) in [6.07, 6.45) is 1.90. The molecule has 0 saturated carbocycles. The zero-order valence-electron chi connectivity index (χ0n) is 4.27. The third-order valence-corrected chi connectivity index (χ3v) is 1.15. The van der Waals surface area contributed by atoms with Crippen molar-refractivity contribution in [2.75, 3.05) is 6.26 Å². The Kier molecular flexibility index (Phi) is 3.48. The van der Waals surface area contributed by atoms with Crippen molar-refractivity contribution in [2.45, 2.75) is 0 Å². The minimum Gasteiger partial charge on any atom is -0.249 e. The fourth-order valence-corrected chi connectivity index (χ4v) is 0.466. The van der Waals surface area contributed by atoms with E-state index in [1.807, 2.05) is 6.26 Å². The van der Waals surface area contributed by atoms with Gasteiger partial charge in [0, 0.05) is 0 Å². The van der Waals surface area contributed by atoms with Gasteiger partial charge in [-0.1, -0.05) is 12.3 Å². The molecule has 0 atom stereocenters. The molecule has 2 heteroatoms. The van der Waals surface area contributed by atoms with Gasteiger partial charge in [0.1, 0.15) is 5.03 Å². The molecule has 0 aromatic carbocycles. The smallest absolute Gasteiger partial charge is 0.137 e. The van der Waals surface area contributed by atoms with Gasteiger partial charge >= 0.3 is 0 Å².